The summed E-state index contributed by atoms with van der Waals surface area (Å²) in [5.41, 5.74) is 0. The van der Waals surface area contributed by atoms with Crippen LogP contribution in [-0.4, -0.2) is 43.6 Å². The van der Waals surface area contributed by atoms with E-state index < -0.39 is 0 Å². The Kier molecular flexibility index (Phi) is 4.40. The Hall–Kier alpha value is -0.610. The minimum Gasteiger partial charge on any atom is -0.356 e. The van der Waals surface area contributed by atoms with Crippen molar-refractivity contribution in [3.8, 4) is 0 Å². The fraction of sp³-hybridized carbons (Fsp3) is 0.615. The van der Waals surface area contributed by atoms with Gasteiger partial charge in [-0.25, -0.2) is 4.98 Å². The van der Waals surface area contributed by atoms with Gasteiger partial charge in [-0.05, 0) is 60.9 Å². The van der Waals surface area contributed by atoms with Crippen LogP contribution >= 0.6 is 15.9 Å². The largest absolute Gasteiger partial charge is 0.356 e. The molecule has 2 rings (SSSR count). The van der Waals surface area contributed by atoms with Crippen LogP contribution in [0.2, 0.25) is 0 Å². The SMILES string of the molecule is CN(C)CC1CCN(c2ncccc2Br)CC1. The summed E-state index contributed by atoms with van der Waals surface area (Å²) in [6.45, 7) is 3.44. The number of nitrogens with zero attached hydrogens (tertiary/aromatic N) is 3. The molecule has 0 aromatic carbocycles. The lowest BCUT2D eigenvalue weighted by Gasteiger charge is -2.34. The van der Waals surface area contributed by atoms with E-state index in [0.29, 0.717) is 0 Å². The molecule has 0 amide bonds. The summed E-state index contributed by atoms with van der Waals surface area (Å²) in [6, 6.07) is 4.03. The van der Waals surface area contributed by atoms with Crippen molar-refractivity contribution in [2.75, 3.05) is 38.6 Å². The molecule has 0 unspecified atom stereocenters. The molecule has 2 heterocycles. The lowest BCUT2D eigenvalue weighted by molar-refractivity contribution is 0.284. The number of halogens is 1. The van der Waals surface area contributed by atoms with E-state index in [1.165, 1.54) is 19.4 Å². The molecular formula is C13H20BrN3. The van der Waals surface area contributed by atoms with Crippen LogP contribution in [0.1, 0.15) is 12.8 Å². The zero-order valence-electron chi connectivity index (χ0n) is 10.6. The van der Waals surface area contributed by atoms with Crippen LogP contribution in [0, 0.1) is 5.92 Å². The molecule has 1 aromatic heterocycles. The van der Waals surface area contributed by atoms with Gasteiger partial charge in [-0.15, -0.1) is 0 Å². The Morgan fingerprint density at radius 2 is 2.12 bits per heavy atom. The molecule has 0 saturated carbocycles. The summed E-state index contributed by atoms with van der Waals surface area (Å²) >= 11 is 3.57. The number of pyridine rings is 1. The maximum atomic E-state index is 4.46. The highest BCUT2D eigenvalue weighted by molar-refractivity contribution is 9.10. The van der Waals surface area contributed by atoms with Crippen molar-refractivity contribution in [1.82, 2.24) is 9.88 Å². The zero-order chi connectivity index (χ0) is 12.3. The Morgan fingerprint density at radius 3 is 2.71 bits per heavy atom. The number of rotatable bonds is 3. The molecule has 1 aliphatic rings. The number of hydrogen-bond donors (Lipinski definition) is 0. The fourth-order valence-corrected chi connectivity index (χ4v) is 2.96. The van der Waals surface area contributed by atoms with Crippen molar-refractivity contribution in [1.29, 1.82) is 0 Å². The smallest absolute Gasteiger partial charge is 0.142 e. The van der Waals surface area contributed by atoms with E-state index in [0.717, 1.165) is 29.3 Å². The lowest BCUT2D eigenvalue weighted by atomic mass is 9.96. The highest BCUT2D eigenvalue weighted by Gasteiger charge is 2.21. The average molecular weight is 298 g/mol. The molecule has 1 fully saturated rings. The van der Waals surface area contributed by atoms with E-state index in [1.807, 2.05) is 12.3 Å². The van der Waals surface area contributed by atoms with E-state index in [-0.39, 0.29) is 0 Å². The highest BCUT2D eigenvalue weighted by atomic mass is 79.9. The van der Waals surface area contributed by atoms with Gasteiger partial charge in [0.25, 0.3) is 0 Å². The summed E-state index contributed by atoms with van der Waals surface area (Å²) in [6.07, 6.45) is 4.40. The van der Waals surface area contributed by atoms with Gasteiger partial charge in [0, 0.05) is 25.8 Å². The van der Waals surface area contributed by atoms with Gasteiger partial charge in [-0.3, -0.25) is 0 Å². The zero-order valence-corrected chi connectivity index (χ0v) is 12.2. The molecule has 0 N–H and O–H groups in total. The molecule has 94 valence electrons. The summed E-state index contributed by atoms with van der Waals surface area (Å²) in [7, 11) is 4.31. The van der Waals surface area contributed by atoms with Gasteiger partial charge in [0.15, 0.2) is 0 Å². The third kappa shape index (κ3) is 3.42. The van der Waals surface area contributed by atoms with Crippen molar-refractivity contribution < 1.29 is 0 Å². The van der Waals surface area contributed by atoms with Gasteiger partial charge in [0.05, 0.1) is 4.47 Å². The third-order valence-electron chi connectivity index (χ3n) is 3.28. The minimum atomic E-state index is 0.837. The molecule has 1 aliphatic heterocycles. The second kappa shape index (κ2) is 5.83. The van der Waals surface area contributed by atoms with E-state index in [1.54, 1.807) is 0 Å². The van der Waals surface area contributed by atoms with Gasteiger partial charge in [-0.1, -0.05) is 0 Å². The van der Waals surface area contributed by atoms with Crippen LogP contribution in [0.3, 0.4) is 0 Å². The molecule has 0 bridgehead atoms. The number of aromatic nitrogens is 1. The predicted octanol–water partition coefficient (Wildman–Crippen LogP) is 2.62. The van der Waals surface area contributed by atoms with Crippen molar-refractivity contribution in [2.24, 2.45) is 5.92 Å². The van der Waals surface area contributed by atoms with Gasteiger partial charge >= 0.3 is 0 Å². The van der Waals surface area contributed by atoms with E-state index in [4.69, 9.17) is 0 Å². The Morgan fingerprint density at radius 1 is 1.41 bits per heavy atom. The quantitative estimate of drug-likeness (QED) is 0.855. The van der Waals surface area contributed by atoms with Crippen molar-refractivity contribution >= 4 is 21.7 Å². The van der Waals surface area contributed by atoms with E-state index in [9.17, 15) is 0 Å². The standard InChI is InChI=1S/C13H20BrN3/c1-16(2)10-11-5-8-17(9-6-11)13-12(14)4-3-7-15-13/h3-4,7,11H,5-6,8-10H2,1-2H3. The number of anilines is 1. The van der Waals surface area contributed by atoms with Crippen LogP contribution in [0.4, 0.5) is 5.82 Å². The summed E-state index contributed by atoms with van der Waals surface area (Å²) < 4.78 is 1.10. The summed E-state index contributed by atoms with van der Waals surface area (Å²) in [5, 5.41) is 0. The average Bonchev–Trinajstić information content (AvgIpc) is 2.30. The lowest BCUT2D eigenvalue weighted by Crippen LogP contribution is -2.37. The predicted molar refractivity (Wildman–Crippen MR) is 75.4 cm³/mol. The first-order valence-electron chi connectivity index (χ1n) is 6.17. The Bertz CT molecular complexity index is 359. The minimum absolute atomic E-state index is 0.837. The second-order valence-electron chi connectivity index (χ2n) is 5.00. The molecular weight excluding hydrogens is 278 g/mol. The van der Waals surface area contributed by atoms with Gasteiger partial charge in [-0.2, -0.15) is 0 Å². The van der Waals surface area contributed by atoms with Crippen LogP contribution in [-0.2, 0) is 0 Å². The molecule has 0 spiro atoms. The molecule has 1 saturated heterocycles. The first kappa shape index (κ1) is 12.8. The normalized spacial score (nSPS) is 17.8. The van der Waals surface area contributed by atoms with Gasteiger partial charge in [0.2, 0.25) is 0 Å². The topological polar surface area (TPSA) is 19.4 Å². The van der Waals surface area contributed by atoms with Crippen LogP contribution in [0.5, 0.6) is 0 Å². The molecule has 0 atom stereocenters. The molecule has 4 heteroatoms. The molecule has 0 radical (unpaired) electrons. The number of piperidine rings is 1. The van der Waals surface area contributed by atoms with Crippen LogP contribution < -0.4 is 4.90 Å². The van der Waals surface area contributed by atoms with Crippen molar-refractivity contribution in [3.63, 3.8) is 0 Å². The van der Waals surface area contributed by atoms with Gasteiger partial charge in [0.1, 0.15) is 5.82 Å². The maximum Gasteiger partial charge on any atom is 0.142 e. The second-order valence-corrected chi connectivity index (χ2v) is 5.86. The third-order valence-corrected chi connectivity index (χ3v) is 3.90. The molecule has 3 nitrogen and oxygen atoms in total. The molecule has 1 aromatic rings. The van der Waals surface area contributed by atoms with Gasteiger partial charge < -0.3 is 9.80 Å². The fourth-order valence-electron chi connectivity index (χ4n) is 2.45. The van der Waals surface area contributed by atoms with Crippen LogP contribution in [0.15, 0.2) is 22.8 Å². The summed E-state index contributed by atoms with van der Waals surface area (Å²) in [4.78, 5) is 9.13. The van der Waals surface area contributed by atoms with Crippen LogP contribution in [0.25, 0.3) is 0 Å². The Balaban J connectivity index is 1.93. The monoisotopic (exact) mass is 297 g/mol. The Labute approximate surface area is 112 Å². The maximum absolute atomic E-state index is 4.46. The highest BCUT2D eigenvalue weighted by Crippen LogP contribution is 2.27. The van der Waals surface area contributed by atoms with E-state index >= 15 is 0 Å². The first-order chi connectivity index (χ1) is 8.16. The van der Waals surface area contributed by atoms with E-state index in [2.05, 4.69) is 50.9 Å². The molecule has 17 heavy (non-hydrogen) atoms. The summed E-state index contributed by atoms with van der Waals surface area (Å²) in [5.74, 6) is 1.93. The molecule has 0 aliphatic carbocycles. The number of hydrogen-bond acceptors (Lipinski definition) is 3. The van der Waals surface area contributed by atoms with Crippen molar-refractivity contribution in [3.05, 3.63) is 22.8 Å². The first-order valence-corrected chi connectivity index (χ1v) is 6.96. The van der Waals surface area contributed by atoms with Crippen molar-refractivity contribution in [2.45, 2.75) is 12.8 Å².